The number of halogens is 2. The first-order valence-corrected chi connectivity index (χ1v) is 6.15. The van der Waals surface area contributed by atoms with Gasteiger partial charge in [-0.1, -0.05) is 11.6 Å². The van der Waals surface area contributed by atoms with Gasteiger partial charge >= 0.3 is 0 Å². The highest BCUT2D eigenvalue weighted by Crippen LogP contribution is 2.36. The van der Waals surface area contributed by atoms with Crippen LogP contribution in [0.2, 0.25) is 5.02 Å². The average Bonchev–Trinajstić information content (AvgIpc) is 2.41. The molecule has 0 unspecified atom stereocenters. The van der Waals surface area contributed by atoms with Crippen molar-refractivity contribution in [3.8, 4) is 0 Å². The van der Waals surface area contributed by atoms with E-state index in [-0.39, 0.29) is 5.82 Å². The molecule has 2 heterocycles. The summed E-state index contributed by atoms with van der Waals surface area (Å²) in [4.78, 5) is 4.41. The van der Waals surface area contributed by atoms with Crippen molar-refractivity contribution in [2.45, 2.75) is 13.0 Å². The molecule has 0 bridgehead atoms. The van der Waals surface area contributed by atoms with E-state index in [0.717, 1.165) is 16.9 Å². The molecule has 0 aliphatic carbocycles. The summed E-state index contributed by atoms with van der Waals surface area (Å²) < 4.78 is 19.3. The smallest absolute Gasteiger partial charge is 0.149 e. The van der Waals surface area contributed by atoms with Crippen LogP contribution in [0, 0.1) is 5.82 Å². The molecule has 1 aliphatic rings. The van der Waals surface area contributed by atoms with E-state index in [1.165, 1.54) is 6.07 Å². The summed E-state index contributed by atoms with van der Waals surface area (Å²) in [5.74, 6) is -0.347. The molecular formula is C13H12ClFN2O. The molecule has 1 aromatic heterocycles. The third-order valence-corrected chi connectivity index (χ3v) is 3.52. The monoisotopic (exact) mass is 266 g/mol. The van der Waals surface area contributed by atoms with Crippen molar-refractivity contribution in [2.24, 2.45) is 0 Å². The van der Waals surface area contributed by atoms with Crippen molar-refractivity contribution < 1.29 is 9.13 Å². The first kappa shape index (κ1) is 11.7. The molecule has 0 saturated carbocycles. The van der Waals surface area contributed by atoms with E-state index in [2.05, 4.69) is 10.3 Å². The second-order valence-electron chi connectivity index (χ2n) is 4.22. The Kier molecular flexibility index (Phi) is 2.84. The lowest BCUT2D eigenvalue weighted by Crippen LogP contribution is -2.15. The van der Waals surface area contributed by atoms with Gasteiger partial charge in [-0.15, -0.1) is 0 Å². The number of anilines is 1. The van der Waals surface area contributed by atoms with E-state index in [9.17, 15) is 4.39 Å². The van der Waals surface area contributed by atoms with Gasteiger partial charge in [-0.25, -0.2) is 9.37 Å². The van der Waals surface area contributed by atoms with Gasteiger partial charge in [0.05, 0.1) is 29.6 Å². The fraction of sp³-hybridized carbons (Fsp3) is 0.308. The van der Waals surface area contributed by atoms with E-state index in [1.807, 2.05) is 0 Å². The van der Waals surface area contributed by atoms with Crippen LogP contribution in [0.1, 0.15) is 11.3 Å². The van der Waals surface area contributed by atoms with Gasteiger partial charge in [-0.05, 0) is 12.1 Å². The number of hydrogen-bond acceptors (Lipinski definition) is 3. The molecule has 1 N–H and O–H groups in total. The van der Waals surface area contributed by atoms with Gasteiger partial charge in [0, 0.05) is 24.4 Å². The van der Waals surface area contributed by atoms with Crippen LogP contribution in [0.25, 0.3) is 10.9 Å². The first-order valence-electron chi connectivity index (χ1n) is 5.77. The maximum absolute atomic E-state index is 13.9. The second kappa shape index (κ2) is 4.37. The fourth-order valence-corrected chi connectivity index (χ4v) is 2.61. The van der Waals surface area contributed by atoms with Gasteiger partial charge < -0.3 is 10.1 Å². The third kappa shape index (κ3) is 1.64. The molecule has 3 nitrogen and oxygen atoms in total. The number of nitrogens with one attached hydrogen (secondary N) is 1. The number of pyridine rings is 1. The van der Waals surface area contributed by atoms with E-state index in [0.29, 0.717) is 35.6 Å². The number of nitrogens with zero attached hydrogens (tertiary/aromatic N) is 1. The zero-order chi connectivity index (χ0) is 12.7. The summed E-state index contributed by atoms with van der Waals surface area (Å²) in [5.41, 5.74) is 3.01. The minimum absolute atomic E-state index is 0.326. The van der Waals surface area contributed by atoms with Gasteiger partial charge in [-0.2, -0.15) is 0 Å². The molecule has 0 amide bonds. The quantitative estimate of drug-likeness (QED) is 0.861. The van der Waals surface area contributed by atoms with Gasteiger partial charge in [-0.3, -0.25) is 0 Å². The number of fused-ring (bicyclic) bond motifs is 2. The van der Waals surface area contributed by atoms with Crippen molar-refractivity contribution in [2.75, 3.05) is 19.0 Å². The highest BCUT2D eigenvalue weighted by atomic mass is 35.5. The number of hydrogen-bond donors (Lipinski definition) is 1. The molecule has 1 aliphatic heterocycles. The van der Waals surface area contributed by atoms with Crippen LogP contribution in [-0.4, -0.2) is 18.6 Å². The van der Waals surface area contributed by atoms with Crippen LogP contribution < -0.4 is 5.32 Å². The molecular weight excluding hydrogens is 255 g/mol. The summed E-state index contributed by atoms with van der Waals surface area (Å²) in [6.07, 6.45) is 0.700. The Balaban J connectivity index is 2.44. The predicted octanol–water partition coefficient (Wildman–Crippen LogP) is 3.14. The molecule has 2 aromatic rings. The van der Waals surface area contributed by atoms with Crippen molar-refractivity contribution in [3.05, 3.63) is 34.2 Å². The summed E-state index contributed by atoms with van der Waals surface area (Å²) in [6.45, 7) is 1.11. The zero-order valence-corrected chi connectivity index (χ0v) is 10.6. The molecule has 18 heavy (non-hydrogen) atoms. The highest BCUT2D eigenvalue weighted by molar-refractivity contribution is 6.36. The normalized spacial score (nSPS) is 14.6. The predicted molar refractivity (Wildman–Crippen MR) is 69.6 cm³/mol. The van der Waals surface area contributed by atoms with Gasteiger partial charge in [0.2, 0.25) is 0 Å². The van der Waals surface area contributed by atoms with Gasteiger partial charge in [0.1, 0.15) is 11.3 Å². The fourth-order valence-electron chi connectivity index (χ4n) is 2.37. The molecule has 0 spiro atoms. The summed E-state index contributed by atoms with van der Waals surface area (Å²) in [6, 6.07) is 2.90. The summed E-state index contributed by atoms with van der Waals surface area (Å²) in [5, 5.41) is 4.22. The summed E-state index contributed by atoms with van der Waals surface area (Å²) >= 11 is 6.17. The van der Waals surface area contributed by atoms with Crippen LogP contribution in [0.5, 0.6) is 0 Å². The average molecular weight is 267 g/mol. The molecule has 0 fully saturated rings. The highest BCUT2D eigenvalue weighted by Gasteiger charge is 2.20. The molecule has 0 atom stereocenters. The lowest BCUT2D eigenvalue weighted by atomic mass is 10.0. The largest absolute Gasteiger partial charge is 0.387 e. The Hall–Kier alpha value is -1.39. The topological polar surface area (TPSA) is 34.2 Å². The van der Waals surface area contributed by atoms with Crippen molar-refractivity contribution >= 4 is 28.2 Å². The van der Waals surface area contributed by atoms with E-state index < -0.39 is 0 Å². The van der Waals surface area contributed by atoms with Crippen molar-refractivity contribution in [1.82, 2.24) is 4.98 Å². The zero-order valence-electron chi connectivity index (χ0n) is 9.89. The lowest BCUT2D eigenvalue weighted by molar-refractivity contribution is 0.110. The Labute approximate surface area is 109 Å². The molecule has 5 heteroatoms. The van der Waals surface area contributed by atoms with E-state index >= 15 is 0 Å². The molecule has 94 valence electrons. The maximum atomic E-state index is 13.9. The maximum Gasteiger partial charge on any atom is 0.149 e. The third-order valence-electron chi connectivity index (χ3n) is 3.20. The standard InChI is InChI=1S/C13H12ClFN2O/c1-16-12-7-6-18-5-4-10(7)17-13-9(15)3-2-8(14)11(12)13/h2-3H,4-6H2,1H3,(H,16,17). The minimum atomic E-state index is -0.347. The summed E-state index contributed by atoms with van der Waals surface area (Å²) in [7, 11) is 1.80. The Morgan fingerprint density at radius 3 is 3.06 bits per heavy atom. The Bertz CT molecular complexity index is 630. The van der Waals surface area contributed by atoms with Crippen LogP contribution in [0.15, 0.2) is 12.1 Å². The molecule has 0 saturated heterocycles. The lowest BCUT2D eigenvalue weighted by Gasteiger charge is -2.21. The van der Waals surface area contributed by atoms with Gasteiger partial charge in [0.15, 0.2) is 0 Å². The second-order valence-corrected chi connectivity index (χ2v) is 4.62. The van der Waals surface area contributed by atoms with Crippen molar-refractivity contribution in [1.29, 1.82) is 0 Å². The number of benzene rings is 1. The molecule has 1 aromatic carbocycles. The van der Waals surface area contributed by atoms with Crippen molar-refractivity contribution in [3.63, 3.8) is 0 Å². The van der Waals surface area contributed by atoms with E-state index in [4.69, 9.17) is 16.3 Å². The number of ether oxygens (including phenoxy) is 1. The Morgan fingerprint density at radius 2 is 2.28 bits per heavy atom. The van der Waals surface area contributed by atoms with E-state index in [1.54, 1.807) is 13.1 Å². The molecule has 0 radical (unpaired) electrons. The SMILES string of the molecule is CNc1c2c(nc3c(F)ccc(Cl)c13)CCOC2. The molecule has 3 rings (SSSR count). The van der Waals surface area contributed by atoms with Crippen LogP contribution >= 0.6 is 11.6 Å². The first-order chi connectivity index (χ1) is 8.72. The Morgan fingerprint density at radius 1 is 1.44 bits per heavy atom. The number of rotatable bonds is 1. The minimum Gasteiger partial charge on any atom is -0.387 e. The van der Waals surface area contributed by atoms with Crippen LogP contribution in [-0.2, 0) is 17.8 Å². The van der Waals surface area contributed by atoms with Crippen LogP contribution in [0.3, 0.4) is 0 Å². The van der Waals surface area contributed by atoms with Crippen LogP contribution in [0.4, 0.5) is 10.1 Å². The number of aromatic nitrogens is 1. The van der Waals surface area contributed by atoms with Gasteiger partial charge in [0.25, 0.3) is 0 Å².